The molecule has 0 radical (unpaired) electrons. The van der Waals surface area contributed by atoms with Crippen LogP contribution < -0.4 is 16.0 Å². The van der Waals surface area contributed by atoms with Gasteiger partial charge in [-0.2, -0.15) is 0 Å². The first kappa shape index (κ1) is 20.3. The number of hydrogen-bond donors (Lipinski definition) is 3. The molecule has 3 N–H and O–H groups in total. The lowest BCUT2D eigenvalue weighted by Crippen LogP contribution is -2.29. The molecule has 0 amide bonds. The second-order valence-electron chi connectivity index (χ2n) is 7.35. The van der Waals surface area contributed by atoms with Gasteiger partial charge in [0.15, 0.2) is 0 Å². The maximum atomic E-state index is 6.45. The molecule has 28 heavy (non-hydrogen) atoms. The summed E-state index contributed by atoms with van der Waals surface area (Å²) in [6, 6.07) is 16.8. The summed E-state index contributed by atoms with van der Waals surface area (Å²) < 4.78 is 0. The Kier molecular flexibility index (Phi) is 6.69. The van der Waals surface area contributed by atoms with Crippen LogP contribution in [0, 0.1) is 0 Å². The predicted octanol–water partition coefficient (Wildman–Crippen LogP) is 6.33. The van der Waals surface area contributed by atoms with Crippen LogP contribution in [-0.4, -0.2) is 6.54 Å². The van der Waals surface area contributed by atoms with Gasteiger partial charge in [0.05, 0.1) is 12.1 Å². The van der Waals surface area contributed by atoms with Gasteiger partial charge in [-0.1, -0.05) is 54.9 Å². The largest absolute Gasteiger partial charge is 0.385 e. The quantitative estimate of drug-likeness (QED) is 0.512. The molecular weight excluding hydrogens is 366 g/mol. The summed E-state index contributed by atoms with van der Waals surface area (Å²) in [5, 5.41) is 11.6. The van der Waals surface area contributed by atoms with E-state index in [1.165, 1.54) is 22.5 Å². The molecule has 2 atom stereocenters. The second kappa shape index (κ2) is 9.20. The number of benzene rings is 2. The number of anilines is 1. The van der Waals surface area contributed by atoms with Crippen LogP contribution in [-0.2, 0) is 0 Å². The number of hydrogen-bond acceptors (Lipinski definition) is 3. The molecular formula is C24H30ClN3. The normalized spacial score (nSPS) is 17.6. The van der Waals surface area contributed by atoms with Gasteiger partial charge in [0, 0.05) is 28.6 Å². The molecule has 1 aliphatic heterocycles. The van der Waals surface area contributed by atoms with E-state index in [4.69, 9.17) is 11.6 Å². The molecule has 1 aliphatic rings. The number of halogens is 1. The Balaban J connectivity index is 1.86. The van der Waals surface area contributed by atoms with Gasteiger partial charge in [0.1, 0.15) is 0 Å². The van der Waals surface area contributed by atoms with Gasteiger partial charge in [0.2, 0.25) is 0 Å². The lowest BCUT2D eigenvalue weighted by molar-refractivity contribution is 0.617. The van der Waals surface area contributed by atoms with Crippen molar-refractivity contribution in [3.8, 4) is 0 Å². The van der Waals surface area contributed by atoms with Gasteiger partial charge >= 0.3 is 0 Å². The van der Waals surface area contributed by atoms with E-state index in [-0.39, 0.29) is 12.1 Å². The maximum absolute atomic E-state index is 6.45. The Bertz CT molecular complexity index is 885. The first-order chi connectivity index (χ1) is 13.5. The lowest BCUT2D eigenvalue weighted by atomic mass is 9.97. The van der Waals surface area contributed by atoms with Crippen molar-refractivity contribution < 1.29 is 0 Å². The van der Waals surface area contributed by atoms with Crippen LogP contribution in [0.5, 0.6) is 0 Å². The molecule has 0 aliphatic carbocycles. The maximum Gasteiger partial charge on any atom is 0.0732 e. The highest BCUT2D eigenvalue weighted by Crippen LogP contribution is 2.32. The van der Waals surface area contributed by atoms with Gasteiger partial charge < -0.3 is 16.0 Å². The number of rotatable bonds is 7. The van der Waals surface area contributed by atoms with Crippen molar-refractivity contribution in [1.29, 1.82) is 0 Å². The van der Waals surface area contributed by atoms with Crippen molar-refractivity contribution in [1.82, 2.24) is 10.6 Å². The average Bonchev–Trinajstić information content (AvgIpc) is 2.70. The standard InChI is InChI=1S/C24H30ClN3/c1-5-14-26-22-13-9-7-10-19(22)18(4)28-23-15-24(27-17(3)16(23)2)20-11-6-8-12-21(20)25/h6-13,15,18,24,26-28H,5,14H2,1-4H3. The first-order valence-electron chi connectivity index (χ1n) is 10.0. The Labute approximate surface area is 173 Å². The molecule has 2 aromatic rings. The predicted molar refractivity (Wildman–Crippen MR) is 121 cm³/mol. The van der Waals surface area contributed by atoms with Crippen LogP contribution in [0.2, 0.25) is 5.02 Å². The first-order valence-corrected chi connectivity index (χ1v) is 10.4. The Morgan fingerprint density at radius 1 is 1.07 bits per heavy atom. The van der Waals surface area contributed by atoms with E-state index in [9.17, 15) is 0 Å². The molecule has 3 nitrogen and oxygen atoms in total. The second-order valence-corrected chi connectivity index (χ2v) is 7.76. The molecule has 148 valence electrons. The third-order valence-corrected chi connectivity index (χ3v) is 5.62. The molecule has 3 rings (SSSR count). The molecule has 0 fully saturated rings. The Morgan fingerprint density at radius 2 is 1.79 bits per heavy atom. The van der Waals surface area contributed by atoms with E-state index in [0.29, 0.717) is 0 Å². The molecule has 2 unspecified atom stereocenters. The third kappa shape index (κ3) is 4.53. The van der Waals surface area contributed by atoms with Crippen LogP contribution in [0.4, 0.5) is 5.69 Å². The van der Waals surface area contributed by atoms with Crippen LogP contribution in [0.15, 0.2) is 71.6 Å². The van der Waals surface area contributed by atoms with Crippen LogP contribution >= 0.6 is 11.6 Å². The van der Waals surface area contributed by atoms with E-state index in [1.807, 2.05) is 18.2 Å². The van der Waals surface area contributed by atoms with Crippen molar-refractivity contribution >= 4 is 17.3 Å². The van der Waals surface area contributed by atoms with E-state index in [1.54, 1.807) is 0 Å². The fraction of sp³-hybridized carbons (Fsp3) is 0.333. The van der Waals surface area contributed by atoms with Crippen molar-refractivity contribution in [2.75, 3.05) is 11.9 Å². The number of allylic oxidation sites excluding steroid dienone is 2. The highest BCUT2D eigenvalue weighted by Gasteiger charge is 2.21. The van der Waals surface area contributed by atoms with Crippen molar-refractivity contribution in [2.24, 2.45) is 0 Å². The fourth-order valence-electron chi connectivity index (χ4n) is 3.53. The minimum absolute atomic E-state index is 0.0561. The zero-order valence-corrected chi connectivity index (χ0v) is 17.9. The molecule has 0 spiro atoms. The lowest BCUT2D eigenvalue weighted by Gasteiger charge is -2.30. The van der Waals surface area contributed by atoms with Crippen LogP contribution in [0.3, 0.4) is 0 Å². The van der Waals surface area contributed by atoms with E-state index in [2.05, 4.69) is 80.1 Å². The van der Waals surface area contributed by atoms with Crippen molar-refractivity contribution in [3.63, 3.8) is 0 Å². The monoisotopic (exact) mass is 395 g/mol. The highest BCUT2D eigenvalue weighted by molar-refractivity contribution is 6.31. The number of nitrogens with one attached hydrogen (secondary N) is 3. The number of para-hydroxylation sites is 1. The van der Waals surface area contributed by atoms with Crippen molar-refractivity contribution in [2.45, 2.75) is 46.2 Å². The van der Waals surface area contributed by atoms with Crippen LogP contribution in [0.25, 0.3) is 0 Å². The summed E-state index contributed by atoms with van der Waals surface area (Å²) in [7, 11) is 0. The summed E-state index contributed by atoms with van der Waals surface area (Å²) in [6.07, 6.45) is 3.34. The topological polar surface area (TPSA) is 36.1 Å². The van der Waals surface area contributed by atoms with E-state index >= 15 is 0 Å². The molecule has 1 heterocycles. The summed E-state index contributed by atoms with van der Waals surface area (Å²) in [5.74, 6) is 0. The Morgan fingerprint density at radius 3 is 2.54 bits per heavy atom. The molecule has 0 aromatic heterocycles. The van der Waals surface area contributed by atoms with E-state index in [0.717, 1.165) is 29.2 Å². The summed E-state index contributed by atoms with van der Waals surface area (Å²) in [6.45, 7) is 9.64. The smallest absolute Gasteiger partial charge is 0.0732 e. The zero-order valence-electron chi connectivity index (χ0n) is 17.1. The van der Waals surface area contributed by atoms with Gasteiger partial charge in [-0.05, 0) is 62.1 Å². The minimum Gasteiger partial charge on any atom is -0.385 e. The molecule has 2 aromatic carbocycles. The van der Waals surface area contributed by atoms with E-state index < -0.39 is 0 Å². The van der Waals surface area contributed by atoms with Crippen molar-refractivity contribution in [3.05, 3.63) is 87.7 Å². The molecule has 4 heteroatoms. The summed E-state index contributed by atoms with van der Waals surface area (Å²) >= 11 is 6.45. The fourth-order valence-corrected chi connectivity index (χ4v) is 3.79. The Hall–Kier alpha value is -2.39. The van der Waals surface area contributed by atoms with Gasteiger partial charge in [-0.15, -0.1) is 0 Å². The zero-order chi connectivity index (χ0) is 20.1. The summed E-state index contributed by atoms with van der Waals surface area (Å²) in [4.78, 5) is 0. The third-order valence-electron chi connectivity index (χ3n) is 5.28. The highest BCUT2D eigenvalue weighted by atomic mass is 35.5. The van der Waals surface area contributed by atoms with Gasteiger partial charge in [0.25, 0.3) is 0 Å². The number of dihydropyridines is 1. The summed E-state index contributed by atoms with van der Waals surface area (Å²) in [5.41, 5.74) is 7.11. The SMILES string of the molecule is CCCNc1ccccc1C(C)NC1=CC(c2ccccc2Cl)NC(C)=C1C. The molecule has 0 saturated carbocycles. The average molecular weight is 396 g/mol. The minimum atomic E-state index is 0.0561. The van der Waals surface area contributed by atoms with Gasteiger partial charge in [-0.3, -0.25) is 0 Å². The molecule has 0 saturated heterocycles. The van der Waals surface area contributed by atoms with Gasteiger partial charge in [-0.25, -0.2) is 0 Å². The molecule has 0 bridgehead atoms. The van der Waals surface area contributed by atoms with Crippen LogP contribution in [0.1, 0.15) is 57.3 Å².